The third-order valence-corrected chi connectivity index (χ3v) is 4.08. The van der Waals surface area contributed by atoms with E-state index in [1.54, 1.807) is 6.92 Å². The molecule has 0 saturated heterocycles. The molecule has 5 nitrogen and oxygen atoms in total. The summed E-state index contributed by atoms with van der Waals surface area (Å²) in [4.78, 5) is 23.1. The second kappa shape index (κ2) is 8.06. The zero-order chi connectivity index (χ0) is 16.8. The number of benzene rings is 1. The number of anilines is 1. The number of carbonyl (C=O) groups excluding carboxylic acids is 2. The highest BCUT2D eigenvalue weighted by atomic mass is 19.1. The lowest BCUT2D eigenvalue weighted by Gasteiger charge is -2.20. The fourth-order valence-electron chi connectivity index (χ4n) is 2.73. The summed E-state index contributed by atoms with van der Waals surface area (Å²) in [7, 11) is 0. The van der Waals surface area contributed by atoms with Gasteiger partial charge in [-0.2, -0.15) is 0 Å². The van der Waals surface area contributed by atoms with Gasteiger partial charge in [-0.3, -0.25) is 9.59 Å². The van der Waals surface area contributed by atoms with Crippen molar-refractivity contribution in [3.8, 4) is 0 Å². The number of nitrogens with one attached hydrogen (secondary N) is 1. The molecular formula is C17H23FN2O3. The lowest BCUT2D eigenvalue weighted by molar-refractivity contribution is -0.130. The number of nitrogens with two attached hydrogens (primary N) is 1. The Balaban J connectivity index is 1.93. The van der Waals surface area contributed by atoms with E-state index in [1.165, 1.54) is 25.0 Å². The Bertz CT molecular complexity index is 569. The largest absolute Gasteiger partial charge is 0.366 e. The summed E-state index contributed by atoms with van der Waals surface area (Å²) >= 11 is 0. The Morgan fingerprint density at radius 2 is 1.91 bits per heavy atom. The normalized spacial score (nSPS) is 17.3. The number of carbonyl (C=O) groups is 2. The highest BCUT2D eigenvalue weighted by Crippen LogP contribution is 2.22. The van der Waals surface area contributed by atoms with Crippen molar-refractivity contribution < 1.29 is 18.7 Å². The minimum atomic E-state index is -0.716. The van der Waals surface area contributed by atoms with Crippen LogP contribution in [0.3, 0.4) is 0 Å². The SMILES string of the molecule is C[C@@H](OC1CCCCCC1)C(=O)Nc1ccc(C(N)=O)cc1F. The maximum atomic E-state index is 13.9. The molecule has 0 heterocycles. The van der Waals surface area contributed by atoms with E-state index in [0.29, 0.717) is 0 Å². The standard InChI is InChI=1S/C17H23FN2O3/c1-11(23-13-6-4-2-3-5-7-13)17(22)20-15-9-8-12(16(19)21)10-14(15)18/h8-11,13H,2-7H2,1H3,(H2,19,21)(H,20,22)/t11-/m1/s1. The van der Waals surface area contributed by atoms with E-state index < -0.39 is 23.7 Å². The van der Waals surface area contributed by atoms with Crippen LogP contribution in [-0.4, -0.2) is 24.0 Å². The Morgan fingerprint density at radius 3 is 2.48 bits per heavy atom. The number of ether oxygens (including phenoxy) is 1. The second-order valence-corrected chi connectivity index (χ2v) is 5.94. The van der Waals surface area contributed by atoms with Crippen molar-refractivity contribution in [2.24, 2.45) is 5.73 Å². The molecule has 0 bridgehead atoms. The van der Waals surface area contributed by atoms with Crippen LogP contribution in [0.2, 0.25) is 0 Å². The van der Waals surface area contributed by atoms with Crippen LogP contribution in [0.25, 0.3) is 0 Å². The van der Waals surface area contributed by atoms with Gasteiger partial charge in [0.25, 0.3) is 5.91 Å². The lowest BCUT2D eigenvalue weighted by atomic mass is 10.1. The Hall–Kier alpha value is -1.95. The fourth-order valence-corrected chi connectivity index (χ4v) is 2.73. The Kier molecular flexibility index (Phi) is 6.10. The van der Waals surface area contributed by atoms with Crippen LogP contribution in [0, 0.1) is 5.82 Å². The third kappa shape index (κ3) is 5.03. The molecule has 1 aromatic rings. The number of amides is 2. The van der Waals surface area contributed by atoms with E-state index in [1.807, 2.05) is 0 Å². The smallest absolute Gasteiger partial charge is 0.253 e. The molecule has 23 heavy (non-hydrogen) atoms. The summed E-state index contributed by atoms with van der Waals surface area (Å²) in [6.07, 6.45) is 5.98. The van der Waals surface area contributed by atoms with Crippen molar-refractivity contribution >= 4 is 17.5 Å². The Morgan fingerprint density at radius 1 is 1.26 bits per heavy atom. The number of hydrogen-bond donors (Lipinski definition) is 2. The molecule has 0 spiro atoms. The van der Waals surface area contributed by atoms with E-state index in [0.717, 1.165) is 31.7 Å². The minimum Gasteiger partial charge on any atom is -0.366 e. The lowest BCUT2D eigenvalue weighted by Crippen LogP contribution is -2.31. The average Bonchev–Trinajstić information content (AvgIpc) is 2.77. The monoisotopic (exact) mass is 322 g/mol. The number of halogens is 1. The predicted molar refractivity (Wildman–Crippen MR) is 85.6 cm³/mol. The fraction of sp³-hybridized carbons (Fsp3) is 0.529. The molecule has 1 saturated carbocycles. The molecule has 1 fully saturated rings. The summed E-state index contributed by atoms with van der Waals surface area (Å²) in [6, 6.07) is 3.71. The van der Waals surface area contributed by atoms with Gasteiger partial charge in [-0.05, 0) is 38.0 Å². The second-order valence-electron chi connectivity index (χ2n) is 5.94. The molecule has 1 aliphatic carbocycles. The van der Waals surface area contributed by atoms with Gasteiger partial charge in [-0.1, -0.05) is 25.7 Å². The summed E-state index contributed by atoms with van der Waals surface area (Å²) < 4.78 is 19.7. The van der Waals surface area contributed by atoms with Crippen LogP contribution in [0.5, 0.6) is 0 Å². The molecule has 3 N–H and O–H groups in total. The molecule has 1 aliphatic rings. The van der Waals surface area contributed by atoms with Crippen LogP contribution < -0.4 is 11.1 Å². The first-order valence-electron chi connectivity index (χ1n) is 8.03. The van der Waals surface area contributed by atoms with Crippen molar-refractivity contribution in [2.45, 2.75) is 57.7 Å². The summed E-state index contributed by atoms with van der Waals surface area (Å²) in [5.74, 6) is -1.82. The molecule has 1 aromatic carbocycles. The van der Waals surface area contributed by atoms with Gasteiger partial charge >= 0.3 is 0 Å². The maximum absolute atomic E-state index is 13.9. The van der Waals surface area contributed by atoms with E-state index >= 15 is 0 Å². The van der Waals surface area contributed by atoms with Gasteiger partial charge in [0.2, 0.25) is 5.91 Å². The van der Waals surface area contributed by atoms with E-state index in [-0.39, 0.29) is 17.4 Å². The molecule has 126 valence electrons. The van der Waals surface area contributed by atoms with Gasteiger partial charge in [-0.25, -0.2) is 4.39 Å². The molecule has 2 amide bonds. The van der Waals surface area contributed by atoms with Crippen molar-refractivity contribution in [3.63, 3.8) is 0 Å². The van der Waals surface area contributed by atoms with Gasteiger partial charge in [0.05, 0.1) is 11.8 Å². The Labute approximate surface area is 135 Å². The first-order valence-corrected chi connectivity index (χ1v) is 8.03. The first kappa shape index (κ1) is 17.4. The van der Waals surface area contributed by atoms with Crippen molar-refractivity contribution in [3.05, 3.63) is 29.6 Å². The summed E-state index contributed by atoms with van der Waals surface area (Å²) in [5, 5.41) is 2.49. The van der Waals surface area contributed by atoms with Crippen LogP contribution in [-0.2, 0) is 9.53 Å². The molecule has 0 aromatic heterocycles. The zero-order valence-electron chi connectivity index (χ0n) is 13.3. The molecule has 0 aliphatic heterocycles. The topological polar surface area (TPSA) is 81.4 Å². The van der Waals surface area contributed by atoms with Crippen molar-refractivity contribution in [1.82, 2.24) is 0 Å². The summed E-state index contributed by atoms with van der Waals surface area (Å²) in [5.41, 5.74) is 5.16. The maximum Gasteiger partial charge on any atom is 0.253 e. The predicted octanol–water partition coefficient (Wildman–Crippen LogP) is 2.99. The quantitative estimate of drug-likeness (QED) is 0.818. The van der Waals surface area contributed by atoms with Crippen LogP contribution in [0.1, 0.15) is 55.8 Å². The summed E-state index contributed by atoms with van der Waals surface area (Å²) in [6.45, 7) is 1.66. The molecular weight excluding hydrogens is 299 g/mol. The van der Waals surface area contributed by atoms with Crippen molar-refractivity contribution in [1.29, 1.82) is 0 Å². The van der Waals surface area contributed by atoms with Gasteiger partial charge in [0.1, 0.15) is 11.9 Å². The number of hydrogen-bond acceptors (Lipinski definition) is 3. The molecule has 0 radical (unpaired) electrons. The first-order chi connectivity index (χ1) is 11.0. The van der Waals surface area contributed by atoms with Gasteiger partial charge in [-0.15, -0.1) is 0 Å². The number of rotatable bonds is 5. The highest BCUT2D eigenvalue weighted by molar-refractivity contribution is 5.96. The molecule has 1 atom stereocenters. The van der Waals surface area contributed by atoms with Gasteiger partial charge < -0.3 is 15.8 Å². The molecule has 0 unspecified atom stereocenters. The van der Waals surface area contributed by atoms with Crippen LogP contribution in [0.15, 0.2) is 18.2 Å². The van der Waals surface area contributed by atoms with Gasteiger partial charge in [0.15, 0.2) is 0 Å². The highest BCUT2D eigenvalue weighted by Gasteiger charge is 2.21. The number of primary amides is 1. The van der Waals surface area contributed by atoms with Gasteiger partial charge in [0, 0.05) is 5.56 Å². The van der Waals surface area contributed by atoms with E-state index in [9.17, 15) is 14.0 Å². The minimum absolute atomic E-state index is 0.0105. The zero-order valence-corrected chi connectivity index (χ0v) is 13.3. The van der Waals surface area contributed by atoms with E-state index in [2.05, 4.69) is 5.32 Å². The molecule has 6 heteroatoms. The average molecular weight is 322 g/mol. The molecule has 2 rings (SSSR count). The van der Waals surface area contributed by atoms with Crippen molar-refractivity contribution in [2.75, 3.05) is 5.32 Å². The van der Waals surface area contributed by atoms with Crippen LogP contribution in [0.4, 0.5) is 10.1 Å². The third-order valence-electron chi connectivity index (χ3n) is 4.08. The van der Waals surface area contributed by atoms with Crippen LogP contribution >= 0.6 is 0 Å². The van der Waals surface area contributed by atoms with E-state index in [4.69, 9.17) is 10.5 Å².